The highest BCUT2D eigenvalue weighted by Gasteiger charge is 2.25. The summed E-state index contributed by atoms with van der Waals surface area (Å²) in [5.41, 5.74) is 0.422. The van der Waals surface area contributed by atoms with Gasteiger partial charge in [0.05, 0.1) is 19.8 Å². The Hall–Kier alpha value is -1.44. The van der Waals surface area contributed by atoms with Crippen LogP contribution in [0.5, 0.6) is 0 Å². The molecule has 128 valence electrons. The number of nitrogens with zero attached hydrogens (tertiary/aromatic N) is 4. The number of oxazole rings is 1. The first-order valence-corrected chi connectivity index (χ1v) is 8.41. The van der Waals surface area contributed by atoms with Crippen LogP contribution in [0, 0.1) is 0 Å². The Balaban J connectivity index is 1.54. The monoisotopic (exact) mass is 322 g/mol. The fourth-order valence-corrected chi connectivity index (χ4v) is 3.04. The Morgan fingerprint density at radius 1 is 1.17 bits per heavy atom. The van der Waals surface area contributed by atoms with E-state index in [-0.39, 0.29) is 5.91 Å². The van der Waals surface area contributed by atoms with E-state index in [1.807, 2.05) is 4.90 Å². The molecular formula is C16H26N4O3. The average molecular weight is 322 g/mol. The highest BCUT2D eigenvalue weighted by atomic mass is 16.5. The summed E-state index contributed by atoms with van der Waals surface area (Å²) < 4.78 is 10.8. The summed E-state index contributed by atoms with van der Waals surface area (Å²) in [4.78, 5) is 23.4. The molecule has 7 heteroatoms. The number of hydrogen-bond donors (Lipinski definition) is 0. The predicted molar refractivity (Wildman–Crippen MR) is 85.2 cm³/mol. The van der Waals surface area contributed by atoms with E-state index >= 15 is 0 Å². The van der Waals surface area contributed by atoms with E-state index in [9.17, 15) is 4.79 Å². The van der Waals surface area contributed by atoms with Crippen molar-refractivity contribution < 1.29 is 13.9 Å². The summed E-state index contributed by atoms with van der Waals surface area (Å²) in [6, 6.07) is 0.527. The summed E-state index contributed by atoms with van der Waals surface area (Å²) in [5.74, 6) is 0.585. The first kappa shape index (κ1) is 16.4. The molecule has 2 fully saturated rings. The fourth-order valence-electron chi connectivity index (χ4n) is 3.04. The first-order chi connectivity index (χ1) is 11.1. The lowest BCUT2D eigenvalue weighted by Gasteiger charge is -2.36. The van der Waals surface area contributed by atoms with E-state index < -0.39 is 0 Å². The molecule has 0 aromatic carbocycles. The van der Waals surface area contributed by atoms with Crippen molar-refractivity contribution in [3.05, 3.63) is 17.8 Å². The second-order valence-corrected chi connectivity index (χ2v) is 6.44. The molecule has 0 radical (unpaired) electrons. The molecule has 2 saturated heterocycles. The van der Waals surface area contributed by atoms with Crippen LogP contribution in [0.15, 0.2) is 10.7 Å². The maximum Gasteiger partial charge on any atom is 0.275 e. The Bertz CT molecular complexity index is 517. The Kier molecular flexibility index (Phi) is 5.30. The lowest BCUT2D eigenvalue weighted by Crippen LogP contribution is -2.50. The number of carbonyl (C=O) groups is 1. The van der Waals surface area contributed by atoms with Gasteiger partial charge in [0, 0.05) is 45.3 Å². The van der Waals surface area contributed by atoms with Gasteiger partial charge < -0.3 is 14.1 Å². The van der Waals surface area contributed by atoms with E-state index in [0.717, 1.165) is 52.5 Å². The number of carbonyl (C=O) groups excluding carboxylic acids is 1. The van der Waals surface area contributed by atoms with Crippen LogP contribution in [0.1, 0.15) is 30.2 Å². The van der Waals surface area contributed by atoms with Crippen molar-refractivity contribution in [2.24, 2.45) is 0 Å². The maximum atomic E-state index is 12.5. The molecule has 3 heterocycles. The molecule has 2 aliphatic rings. The summed E-state index contributed by atoms with van der Waals surface area (Å²) in [7, 11) is 0. The highest BCUT2D eigenvalue weighted by Crippen LogP contribution is 2.12. The van der Waals surface area contributed by atoms with Gasteiger partial charge in [-0.05, 0) is 13.8 Å². The number of piperazine rings is 1. The van der Waals surface area contributed by atoms with E-state index in [1.54, 1.807) is 0 Å². The van der Waals surface area contributed by atoms with Gasteiger partial charge in [-0.25, -0.2) is 4.98 Å². The van der Waals surface area contributed by atoms with Crippen LogP contribution in [0.4, 0.5) is 0 Å². The van der Waals surface area contributed by atoms with E-state index in [4.69, 9.17) is 9.15 Å². The Labute approximate surface area is 137 Å². The lowest BCUT2D eigenvalue weighted by atomic mass is 10.2. The maximum absolute atomic E-state index is 12.5. The first-order valence-electron chi connectivity index (χ1n) is 8.41. The molecule has 1 aromatic rings. The molecule has 1 aromatic heterocycles. The van der Waals surface area contributed by atoms with Gasteiger partial charge in [0.1, 0.15) is 6.26 Å². The SMILES string of the molecule is CC(C)N1CCN(C(=O)c2coc(CN3CCOCC3)n2)CC1. The minimum Gasteiger partial charge on any atom is -0.447 e. The van der Waals surface area contributed by atoms with E-state index in [1.165, 1.54) is 6.26 Å². The lowest BCUT2D eigenvalue weighted by molar-refractivity contribution is 0.0305. The van der Waals surface area contributed by atoms with Crippen molar-refractivity contribution in [1.82, 2.24) is 19.7 Å². The molecule has 1 amide bonds. The quantitative estimate of drug-likeness (QED) is 0.812. The van der Waals surface area contributed by atoms with Gasteiger partial charge in [0.2, 0.25) is 5.89 Å². The van der Waals surface area contributed by atoms with Crippen LogP contribution in [-0.2, 0) is 11.3 Å². The second kappa shape index (κ2) is 7.42. The van der Waals surface area contributed by atoms with Crippen molar-refractivity contribution in [1.29, 1.82) is 0 Å². The van der Waals surface area contributed by atoms with Gasteiger partial charge >= 0.3 is 0 Å². The zero-order chi connectivity index (χ0) is 16.2. The van der Waals surface area contributed by atoms with Crippen molar-refractivity contribution in [2.45, 2.75) is 26.4 Å². The third kappa shape index (κ3) is 4.10. The molecule has 2 aliphatic heterocycles. The van der Waals surface area contributed by atoms with Gasteiger partial charge in [-0.2, -0.15) is 0 Å². The van der Waals surface area contributed by atoms with Crippen molar-refractivity contribution in [3.63, 3.8) is 0 Å². The van der Waals surface area contributed by atoms with Crippen molar-refractivity contribution >= 4 is 5.91 Å². The molecule has 0 saturated carbocycles. The number of rotatable bonds is 4. The van der Waals surface area contributed by atoms with Crippen LogP contribution in [0.3, 0.4) is 0 Å². The van der Waals surface area contributed by atoms with Crippen LogP contribution < -0.4 is 0 Å². The fraction of sp³-hybridized carbons (Fsp3) is 0.750. The smallest absolute Gasteiger partial charge is 0.275 e. The van der Waals surface area contributed by atoms with Gasteiger partial charge in [-0.3, -0.25) is 14.6 Å². The number of ether oxygens (including phenoxy) is 1. The zero-order valence-electron chi connectivity index (χ0n) is 14.0. The second-order valence-electron chi connectivity index (χ2n) is 6.44. The summed E-state index contributed by atoms with van der Waals surface area (Å²) in [6.07, 6.45) is 1.49. The zero-order valence-corrected chi connectivity index (χ0v) is 14.0. The van der Waals surface area contributed by atoms with Crippen molar-refractivity contribution in [3.8, 4) is 0 Å². The van der Waals surface area contributed by atoms with E-state index in [2.05, 4.69) is 28.6 Å². The molecular weight excluding hydrogens is 296 g/mol. The molecule has 0 unspecified atom stereocenters. The summed E-state index contributed by atoms with van der Waals surface area (Å²) >= 11 is 0. The third-order valence-electron chi connectivity index (χ3n) is 4.57. The van der Waals surface area contributed by atoms with E-state index in [0.29, 0.717) is 24.2 Å². The molecule has 0 atom stereocenters. The van der Waals surface area contributed by atoms with Gasteiger partial charge in [-0.1, -0.05) is 0 Å². The van der Waals surface area contributed by atoms with Crippen molar-refractivity contribution in [2.75, 3.05) is 52.5 Å². The largest absolute Gasteiger partial charge is 0.447 e. The minimum absolute atomic E-state index is 0.0228. The van der Waals surface area contributed by atoms with Crippen LogP contribution in [0.2, 0.25) is 0 Å². The molecule has 0 spiro atoms. The molecule has 3 rings (SSSR count). The highest BCUT2D eigenvalue weighted by molar-refractivity contribution is 5.92. The van der Waals surface area contributed by atoms with Crippen LogP contribution in [0.25, 0.3) is 0 Å². The van der Waals surface area contributed by atoms with Crippen LogP contribution >= 0.6 is 0 Å². The number of hydrogen-bond acceptors (Lipinski definition) is 6. The van der Waals surface area contributed by atoms with Gasteiger partial charge in [0.25, 0.3) is 5.91 Å². The van der Waals surface area contributed by atoms with Crippen LogP contribution in [-0.4, -0.2) is 84.1 Å². The summed E-state index contributed by atoms with van der Waals surface area (Å²) in [6.45, 7) is 11.6. The normalized spacial score (nSPS) is 21.1. The molecule has 0 aliphatic carbocycles. The topological polar surface area (TPSA) is 62.0 Å². The summed E-state index contributed by atoms with van der Waals surface area (Å²) in [5, 5.41) is 0. The molecule has 0 bridgehead atoms. The average Bonchev–Trinajstić information content (AvgIpc) is 3.03. The standard InChI is InChI=1S/C16H26N4O3/c1-13(2)19-3-5-20(6-4-19)16(21)14-12-23-15(17-14)11-18-7-9-22-10-8-18/h12-13H,3-11H2,1-2H3. The Morgan fingerprint density at radius 2 is 1.87 bits per heavy atom. The molecule has 23 heavy (non-hydrogen) atoms. The van der Waals surface area contributed by atoms with Gasteiger partial charge in [-0.15, -0.1) is 0 Å². The number of morpholine rings is 1. The predicted octanol–water partition coefficient (Wildman–Crippen LogP) is 0.673. The third-order valence-corrected chi connectivity index (χ3v) is 4.57. The molecule has 7 nitrogen and oxygen atoms in total. The molecule has 0 N–H and O–H groups in total. The number of amides is 1. The number of aromatic nitrogens is 1. The minimum atomic E-state index is -0.0228. The van der Waals surface area contributed by atoms with Gasteiger partial charge in [0.15, 0.2) is 5.69 Å². The Morgan fingerprint density at radius 3 is 2.52 bits per heavy atom.